The van der Waals surface area contributed by atoms with E-state index in [9.17, 15) is 4.79 Å². The summed E-state index contributed by atoms with van der Waals surface area (Å²) in [6, 6.07) is 8.36. The van der Waals surface area contributed by atoms with Crippen molar-refractivity contribution in [3.63, 3.8) is 0 Å². The van der Waals surface area contributed by atoms with E-state index in [1.54, 1.807) is 11.7 Å². The molecule has 0 fully saturated rings. The van der Waals surface area contributed by atoms with Crippen molar-refractivity contribution in [3.05, 3.63) is 47.5 Å². The van der Waals surface area contributed by atoms with Crippen LogP contribution in [0.1, 0.15) is 37.7 Å². The molecule has 0 spiro atoms. The molecule has 124 valence electrons. The van der Waals surface area contributed by atoms with Crippen molar-refractivity contribution in [1.82, 2.24) is 25.4 Å². The molecule has 6 nitrogen and oxygen atoms in total. The van der Waals surface area contributed by atoms with Crippen LogP contribution in [0.25, 0.3) is 0 Å². The summed E-state index contributed by atoms with van der Waals surface area (Å²) < 4.78 is 1.64. The van der Waals surface area contributed by atoms with E-state index in [1.807, 2.05) is 0 Å². The van der Waals surface area contributed by atoms with Gasteiger partial charge in [0.15, 0.2) is 0 Å². The molecule has 0 aliphatic rings. The summed E-state index contributed by atoms with van der Waals surface area (Å²) in [6.45, 7) is 7.30. The van der Waals surface area contributed by atoms with Crippen LogP contribution in [0.4, 0.5) is 4.79 Å². The number of aromatic nitrogens is 3. The van der Waals surface area contributed by atoms with Crippen LogP contribution in [0.5, 0.6) is 0 Å². The van der Waals surface area contributed by atoms with E-state index >= 15 is 0 Å². The summed E-state index contributed by atoms with van der Waals surface area (Å²) in [6.07, 6.45) is 2.50. The normalized spacial score (nSPS) is 11.3. The SMILES string of the molecule is CCc1ccc(C(C)(C)CNC(=O)NCc2ncnn2C)cc1. The lowest BCUT2D eigenvalue weighted by Gasteiger charge is -2.26. The second kappa shape index (κ2) is 7.26. The van der Waals surface area contributed by atoms with E-state index in [4.69, 9.17) is 0 Å². The molecule has 0 unspecified atom stereocenters. The predicted molar refractivity (Wildman–Crippen MR) is 90.1 cm³/mol. The number of carbonyl (C=O) groups is 1. The van der Waals surface area contributed by atoms with Gasteiger partial charge in [0.2, 0.25) is 0 Å². The largest absolute Gasteiger partial charge is 0.337 e. The van der Waals surface area contributed by atoms with E-state index in [2.05, 4.69) is 65.8 Å². The second-order valence-electron chi connectivity index (χ2n) is 6.27. The zero-order valence-corrected chi connectivity index (χ0v) is 14.3. The van der Waals surface area contributed by atoms with E-state index in [1.165, 1.54) is 17.5 Å². The van der Waals surface area contributed by atoms with Crippen molar-refractivity contribution in [1.29, 1.82) is 0 Å². The van der Waals surface area contributed by atoms with Crippen LogP contribution in [0.2, 0.25) is 0 Å². The molecule has 6 heteroatoms. The fourth-order valence-electron chi connectivity index (χ4n) is 2.30. The van der Waals surface area contributed by atoms with Crippen molar-refractivity contribution in [3.8, 4) is 0 Å². The maximum Gasteiger partial charge on any atom is 0.315 e. The third-order valence-electron chi connectivity index (χ3n) is 4.05. The fourth-order valence-corrected chi connectivity index (χ4v) is 2.30. The molecule has 2 aromatic rings. The van der Waals surface area contributed by atoms with Crippen molar-refractivity contribution in [2.75, 3.05) is 6.54 Å². The third kappa shape index (κ3) is 4.55. The van der Waals surface area contributed by atoms with Gasteiger partial charge in [0.1, 0.15) is 12.2 Å². The highest BCUT2D eigenvalue weighted by Gasteiger charge is 2.21. The van der Waals surface area contributed by atoms with E-state index in [0.29, 0.717) is 13.1 Å². The molecule has 0 radical (unpaired) electrons. The Kier molecular flexibility index (Phi) is 5.36. The number of urea groups is 1. The molecule has 1 heterocycles. The zero-order chi connectivity index (χ0) is 16.9. The predicted octanol–water partition coefficient (Wildman–Crippen LogP) is 2.15. The quantitative estimate of drug-likeness (QED) is 0.858. The number of aryl methyl sites for hydroxylation is 2. The Morgan fingerprint density at radius 3 is 2.48 bits per heavy atom. The first-order valence-corrected chi connectivity index (χ1v) is 7.86. The lowest BCUT2D eigenvalue weighted by Crippen LogP contribution is -2.42. The summed E-state index contributed by atoms with van der Waals surface area (Å²) in [5.74, 6) is 0.717. The van der Waals surface area contributed by atoms with Gasteiger partial charge in [-0.1, -0.05) is 45.0 Å². The zero-order valence-electron chi connectivity index (χ0n) is 14.3. The lowest BCUT2D eigenvalue weighted by molar-refractivity contribution is 0.237. The molecule has 2 rings (SSSR count). The third-order valence-corrected chi connectivity index (χ3v) is 4.05. The van der Waals surface area contributed by atoms with Crippen LogP contribution in [0, 0.1) is 0 Å². The first-order chi connectivity index (χ1) is 10.9. The molecule has 1 aromatic heterocycles. The molecule has 0 aliphatic heterocycles. The Morgan fingerprint density at radius 2 is 1.91 bits per heavy atom. The van der Waals surface area contributed by atoms with Crippen molar-refractivity contribution < 1.29 is 4.79 Å². The second-order valence-corrected chi connectivity index (χ2v) is 6.27. The van der Waals surface area contributed by atoms with Gasteiger partial charge in [-0.2, -0.15) is 5.10 Å². The summed E-state index contributed by atoms with van der Waals surface area (Å²) in [5, 5.41) is 9.69. The molecule has 2 amide bonds. The molecule has 0 bridgehead atoms. The van der Waals surface area contributed by atoms with Crippen LogP contribution in [-0.4, -0.2) is 27.3 Å². The molecule has 0 saturated heterocycles. The highest BCUT2D eigenvalue weighted by atomic mass is 16.2. The Labute approximate surface area is 137 Å². The number of nitrogens with zero attached hydrogens (tertiary/aromatic N) is 3. The Morgan fingerprint density at radius 1 is 1.22 bits per heavy atom. The maximum absolute atomic E-state index is 11.9. The van der Waals surface area contributed by atoms with E-state index in [0.717, 1.165) is 12.2 Å². The number of carbonyl (C=O) groups excluding carboxylic acids is 1. The molecule has 1 aromatic carbocycles. The molecular formula is C17H25N5O. The van der Waals surface area contributed by atoms with Gasteiger partial charge in [-0.15, -0.1) is 0 Å². The molecule has 2 N–H and O–H groups in total. The van der Waals surface area contributed by atoms with Crippen molar-refractivity contribution >= 4 is 6.03 Å². The number of hydrogen-bond donors (Lipinski definition) is 2. The number of rotatable bonds is 6. The van der Waals surface area contributed by atoms with Gasteiger partial charge in [0.25, 0.3) is 0 Å². The first kappa shape index (κ1) is 17.0. The first-order valence-electron chi connectivity index (χ1n) is 7.86. The minimum Gasteiger partial charge on any atom is -0.337 e. The fraction of sp³-hybridized carbons (Fsp3) is 0.471. The van der Waals surface area contributed by atoms with Gasteiger partial charge >= 0.3 is 6.03 Å². The Hall–Kier alpha value is -2.37. The lowest BCUT2D eigenvalue weighted by atomic mass is 9.84. The summed E-state index contributed by atoms with van der Waals surface area (Å²) in [4.78, 5) is 16.0. The molecule has 0 aliphatic carbocycles. The highest BCUT2D eigenvalue weighted by Crippen LogP contribution is 2.22. The van der Waals surface area contributed by atoms with E-state index < -0.39 is 0 Å². The van der Waals surface area contributed by atoms with Crippen LogP contribution in [0.15, 0.2) is 30.6 Å². The average Bonchev–Trinajstić information content (AvgIpc) is 2.96. The summed E-state index contributed by atoms with van der Waals surface area (Å²) in [5.41, 5.74) is 2.40. The molecular weight excluding hydrogens is 290 g/mol. The van der Waals surface area contributed by atoms with Crippen LogP contribution >= 0.6 is 0 Å². The van der Waals surface area contributed by atoms with Gasteiger partial charge < -0.3 is 10.6 Å². The van der Waals surface area contributed by atoms with Gasteiger partial charge in [-0.3, -0.25) is 4.68 Å². The Bertz CT molecular complexity index is 645. The van der Waals surface area contributed by atoms with Gasteiger partial charge in [0, 0.05) is 19.0 Å². The van der Waals surface area contributed by atoms with Gasteiger partial charge in [-0.25, -0.2) is 9.78 Å². The minimum absolute atomic E-state index is 0.131. The summed E-state index contributed by atoms with van der Waals surface area (Å²) >= 11 is 0. The average molecular weight is 315 g/mol. The van der Waals surface area contributed by atoms with Crippen molar-refractivity contribution in [2.45, 2.75) is 39.2 Å². The van der Waals surface area contributed by atoms with Gasteiger partial charge in [-0.05, 0) is 17.5 Å². The monoisotopic (exact) mass is 315 g/mol. The van der Waals surface area contributed by atoms with E-state index in [-0.39, 0.29) is 11.4 Å². The number of benzene rings is 1. The van der Waals surface area contributed by atoms with Gasteiger partial charge in [0.05, 0.1) is 6.54 Å². The van der Waals surface area contributed by atoms with Crippen molar-refractivity contribution in [2.24, 2.45) is 7.05 Å². The van der Waals surface area contributed by atoms with Crippen LogP contribution in [-0.2, 0) is 25.4 Å². The number of nitrogens with one attached hydrogen (secondary N) is 2. The molecule has 0 saturated carbocycles. The standard InChI is InChI=1S/C17H25N5O/c1-5-13-6-8-14(9-7-13)17(2,3)11-19-16(23)18-10-15-20-12-21-22(15)4/h6-9,12H,5,10-11H2,1-4H3,(H2,18,19,23). The molecule has 0 atom stereocenters. The smallest absolute Gasteiger partial charge is 0.315 e. The number of hydrogen-bond acceptors (Lipinski definition) is 3. The molecule has 23 heavy (non-hydrogen) atoms. The number of amides is 2. The highest BCUT2D eigenvalue weighted by molar-refractivity contribution is 5.73. The van der Waals surface area contributed by atoms with Crippen LogP contribution in [0.3, 0.4) is 0 Å². The summed E-state index contributed by atoms with van der Waals surface area (Å²) in [7, 11) is 1.80. The topological polar surface area (TPSA) is 71.8 Å². The Balaban J connectivity index is 1.85. The van der Waals surface area contributed by atoms with Crippen LogP contribution < -0.4 is 10.6 Å². The maximum atomic E-state index is 11.9. The minimum atomic E-state index is -0.203.